The fourth-order valence-corrected chi connectivity index (χ4v) is 2.10. The Labute approximate surface area is 75.9 Å². The van der Waals surface area contributed by atoms with Crippen LogP contribution in [0.15, 0.2) is 0 Å². The fraction of sp³-hybridized carbons (Fsp3) is 0.900. The first-order valence-corrected chi connectivity index (χ1v) is 5.08. The summed E-state index contributed by atoms with van der Waals surface area (Å²) < 4.78 is 2.49. The molecule has 0 saturated carbocycles. The molecule has 0 radical (unpaired) electrons. The second kappa shape index (κ2) is 3.92. The van der Waals surface area contributed by atoms with Gasteiger partial charge in [-0.1, -0.05) is 13.8 Å². The molecule has 2 nitrogen and oxygen atoms in total. The van der Waals surface area contributed by atoms with Crippen LogP contribution in [0.3, 0.4) is 0 Å². The van der Waals surface area contributed by atoms with Crippen molar-refractivity contribution in [1.82, 2.24) is 4.90 Å². The van der Waals surface area contributed by atoms with Gasteiger partial charge in [-0.3, -0.25) is 9.48 Å². The molecule has 1 aliphatic rings. The van der Waals surface area contributed by atoms with Crippen LogP contribution in [-0.2, 0) is 0 Å². The number of rotatable bonds is 3. The molecule has 0 aromatic heterocycles. The van der Waals surface area contributed by atoms with Crippen molar-refractivity contribution in [2.24, 2.45) is 0 Å². The van der Waals surface area contributed by atoms with E-state index in [9.17, 15) is 0 Å². The van der Waals surface area contributed by atoms with Crippen molar-refractivity contribution >= 4 is 5.84 Å². The van der Waals surface area contributed by atoms with Gasteiger partial charge in [-0.15, -0.1) is 0 Å². The fourth-order valence-electron chi connectivity index (χ4n) is 2.10. The first-order chi connectivity index (χ1) is 5.74. The maximum absolute atomic E-state index is 2.49. The number of nitrogens with zero attached hydrogens (tertiary/aromatic N) is 2. The van der Waals surface area contributed by atoms with Gasteiger partial charge in [0.25, 0.3) is 0 Å². The van der Waals surface area contributed by atoms with E-state index in [4.69, 9.17) is 0 Å². The molecule has 1 rings (SSSR count). The highest BCUT2D eigenvalue weighted by molar-refractivity contribution is 5.78. The predicted molar refractivity (Wildman–Crippen MR) is 52.8 cm³/mol. The zero-order valence-corrected chi connectivity index (χ0v) is 8.80. The first-order valence-electron chi connectivity index (χ1n) is 5.08. The zero-order chi connectivity index (χ0) is 9.14. The summed E-state index contributed by atoms with van der Waals surface area (Å²) in [5.41, 5.74) is 0. The Balaban J connectivity index is 2.74. The molecular formula is C10H21N2+. The monoisotopic (exact) mass is 169 g/mol. The first kappa shape index (κ1) is 9.56. The van der Waals surface area contributed by atoms with Gasteiger partial charge in [0.15, 0.2) is 0 Å². The lowest BCUT2D eigenvalue weighted by Crippen LogP contribution is -2.31. The van der Waals surface area contributed by atoms with Gasteiger partial charge in [0.1, 0.15) is 12.6 Å². The van der Waals surface area contributed by atoms with Crippen LogP contribution in [0.2, 0.25) is 0 Å². The third kappa shape index (κ3) is 1.47. The van der Waals surface area contributed by atoms with Crippen molar-refractivity contribution in [2.75, 3.05) is 20.1 Å². The molecule has 1 aliphatic heterocycles. The van der Waals surface area contributed by atoms with Crippen molar-refractivity contribution in [3.05, 3.63) is 0 Å². The van der Waals surface area contributed by atoms with Gasteiger partial charge in [-0.05, 0) is 13.3 Å². The third-order valence-electron chi connectivity index (χ3n) is 2.92. The highest BCUT2D eigenvalue weighted by atomic mass is 15.3. The Hall–Kier alpha value is -0.530. The minimum absolute atomic E-state index is 0.750. The zero-order valence-electron chi connectivity index (χ0n) is 8.80. The van der Waals surface area contributed by atoms with E-state index in [0.717, 1.165) is 12.6 Å². The molecule has 0 amide bonds. The molecule has 0 saturated heterocycles. The summed E-state index contributed by atoms with van der Waals surface area (Å²) in [4.78, 5) is 2.45. The Bertz CT molecular complexity index is 184. The number of hydrogen-bond acceptors (Lipinski definition) is 1. The van der Waals surface area contributed by atoms with Crippen molar-refractivity contribution in [3.63, 3.8) is 0 Å². The van der Waals surface area contributed by atoms with Crippen LogP contribution >= 0.6 is 0 Å². The standard InChI is InChI=1S/C10H21N2/c1-5-9-8-12(7-3)10(6-2)11(9)4/h9H,5-8H2,1-4H3/q+1. The summed E-state index contributed by atoms with van der Waals surface area (Å²) >= 11 is 0. The summed E-state index contributed by atoms with van der Waals surface area (Å²) in [6.07, 6.45) is 2.43. The normalized spacial score (nSPS) is 24.0. The molecule has 0 aromatic carbocycles. The van der Waals surface area contributed by atoms with Crippen molar-refractivity contribution in [1.29, 1.82) is 0 Å². The van der Waals surface area contributed by atoms with E-state index in [1.165, 1.54) is 25.2 Å². The smallest absolute Gasteiger partial charge is 0.246 e. The van der Waals surface area contributed by atoms with Crippen LogP contribution in [0.5, 0.6) is 0 Å². The topological polar surface area (TPSA) is 6.25 Å². The second-order valence-corrected chi connectivity index (χ2v) is 3.48. The lowest BCUT2D eigenvalue weighted by Gasteiger charge is -2.12. The van der Waals surface area contributed by atoms with E-state index >= 15 is 0 Å². The van der Waals surface area contributed by atoms with Crippen LogP contribution in [0, 0.1) is 0 Å². The van der Waals surface area contributed by atoms with Crippen LogP contribution in [-0.4, -0.2) is 41.5 Å². The van der Waals surface area contributed by atoms with Crippen LogP contribution in [0.4, 0.5) is 0 Å². The Kier molecular flexibility index (Phi) is 3.12. The molecule has 70 valence electrons. The SMILES string of the molecule is CCC1=[N+](CC)CC(CC)N1C. The van der Waals surface area contributed by atoms with E-state index in [1.807, 2.05) is 0 Å². The van der Waals surface area contributed by atoms with Crippen molar-refractivity contribution in [2.45, 2.75) is 39.7 Å². The molecular weight excluding hydrogens is 148 g/mol. The van der Waals surface area contributed by atoms with Crippen LogP contribution in [0.25, 0.3) is 0 Å². The largest absolute Gasteiger partial charge is 0.262 e. The Morgan fingerprint density at radius 1 is 1.42 bits per heavy atom. The summed E-state index contributed by atoms with van der Waals surface area (Å²) in [7, 11) is 2.22. The van der Waals surface area contributed by atoms with Gasteiger partial charge in [0.05, 0.1) is 13.6 Å². The average molecular weight is 169 g/mol. The van der Waals surface area contributed by atoms with Gasteiger partial charge in [-0.25, -0.2) is 0 Å². The molecule has 0 N–H and O–H groups in total. The van der Waals surface area contributed by atoms with Gasteiger partial charge >= 0.3 is 0 Å². The molecule has 1 atom stereocenters. The summed E-state index contributed by atoms with van der Waals surface area (Å²) in [6.45, 7) is 9.14. The molecule has 0 fully saturated rings. The number of amidine groups is 1. The lowest BCUT2D eigenvalue weighted by molar-refractivity contribution is -0.518. The van der Waals surface area contributed by atoms with E-state index in [2.05, 4.69) is 37.3 Å². The van der Waals surface area contributed by atoms with Gasteiger partial charge in [-0.2, -0.15) is 0 Å². The van der Waals surface area contributed by atoms with E-state index in [0.29, 0.717) is 0 Å². The molecule has 0 aliphatic carbocycles. The van der Waals surface area contributed by atoms with Gasteiger partial charge < -0.3 is 0 Å². The average Bonchev–Trinajstić information content (AvgIpc) is 2.41. The van der Waals surface area contributed by atoms with Gasteiger partial charge in [0.2, 0.25) is 5.84 Å². The number of hydrogen-bond donors (Lipinski definition) is 0. The lowest BCUT2D eigenvalue weighted by atomic mass is 10.2. The van der Waals surface area contributed by atoms with E-state index in [1.54, 1.807) is 0 Å². The Morgan fingerprint density at radius 3 is 2.42 bits per heavy atom. The van der Waals surface area contributed by atoms with E-state index < -0.39 is 0 Å². The summed E-state index contributed by atoms with van der Waals surface area (Å²) in [5, 5.41) is 0. The predicted octanol–water partition coefficient (Wildman–Crippen LogP) is 1.55. The highest BCUT2D eigenvalue weighted by Crippen LogP contribution is 2.12. The summed E-state index contributed by atoms with van der Waals surface area (Å²) in [5.74, 6) is 1.52. The molecule has 0 spiro atoms. The van der Waals surface area contributed by atoms with Gasteiger partial charge in [0, 0.05) is 6.42 Å². The maximum atomic E-state index is 2.49. The molecule has 2 heteroatoms. The molecule has 12 heavy (non-hydrogen) atoms. The van der Waals surface area contributed by atoms with Crippen LogP contribution in [0.1, 0.15) is 33.6 Å². The summed E-state index contributed by atoms with van der Waals surface area (Å²) in [6, 6.07) is 0.750. The highest BCUT2D eigenvalue weighted by Gasteiger charge is 2.33. The third-order valence-corrected chi connectivity index (χ3v) is 2.92. The van der Waals surface area contributed by atoms with Crippen LogP contribution < -0.4 is 0 Å². The number of likely N-dealkylation sites (N-methyl/N-ethyl adjacent to an activating group) is 2. The molecule has 1 heterocycles. The minimum atomic E-state index is 0.750. The quantitative estimate of drug-likeness (QED) is 0.581. The minimum Gasteiger partial charge on any atom is -0.262 e. The molecule has 1 unspecified atom stereocenters. The Morgan fingerprint density at radius 2 is 2.08 bits per heavy atom. The molecule has 0 bridgehead atoms. The second-order valence-electron chi connectivity index (χ2n) is 3.48. The maximum Gasteiger partial charge on any atom is 0.246 e. The van der Waals surface area contributed by atoms with Crippen molar-refractivity contribution < 1.29 is 4.58 Å². The van der Waals surface area contributed by atoms with E-state index in [-0.39, 0.29) is 0 Å². The molecule has 0 aromatic rings. The van der Waals surface area contributed by atoms with Crippen molar-refractivity contribution in [3.8, 4) is 0 Å².